The van der Waals surface area contributed by atoms with Gasteiger partial charge in [0.25, 0.3) is 0 Å². The lowest BCUT2D eigenvalue weighted by atomic mass is 10.1. The summed E-state index contributed by atoms with van der Waals surface area (Å²) < 4.78 is 10.8. The molecule has 98 valence electrons. The molecule has 0 saturated carbocycles. The van der Waals surface area contributed by atoms with Gasteiger partial charge in [0.05, 0.1) is 19.3 Å². The third-order valence-corrected chi connectivity index (χ3v) is 2.80. The molecule has 0 radical (unpaired) electrons. The molecule has 0 aliphatic rings. The molecule has 0 atom stereocenters. The summed E-state index contributed by atoms with van der Waals surface area (Å²) in [6.07, 6.45) is 4.86. The van der Waals surface area contributed by atoms with E-state index in [4.69, 9.17) is 14.7 Å². The van der Waals surface area contributed by atoms with E-state index in [9.17, 15) is 0 Å². The molecular formula is C15H21NO2. The van der Waals surface area contributed by atoms with Gasteiger partial charge in [-0.05, 0) is 24.1 Å². The first-order chi connectivity index (χ1) is 8.81. The summed E-state index contributed by atoms with van der Waals surface area (Å²) in [5.41, 5.74) is 1.60. The van der Waals surface area contributed by atoms with E-state index >= 15 is 0 Å². The number of nitriles is 1. The molecule has 1 aromatic rings. The Morgan fingerprint density at radius 2 is 2.06 bits per heavy atom. The van der Waals surface area contributed by atoms with Crippen molar-refractivity contribution in [1.82, 2.24) is 0 Å². The minimum atomic E-state index is 0.559. The van der Waals surface area contributed by atoms with Crippen LogP contribution in [0.15, 0.2) is 18.2 Å². The predicted molar refractivity (Wildman–Crippen MR) is 71.5 cm³/mol. The quantitative estimate of drug-likeness (QED) is 0.658. The van der Waals surface area contributed by atoms with Crippen molar-refractivity contribution in [2.24, 2.45) is 0 Å². The summed E-state index contributed by atoms with van der Waals surface area (Å²) in [6.45, 7) is 3.57. The molecule has 0 unspecified atom stereocenters. The lowest BCUT2D eigenvalue weighted by Gasteiger charge is -2.07. The minimum Gasteiger partial charge on any atom is -0.495 e. The molecule has 0 saturated heterocycles. The molecular weight excluding hydrogens is 226 g/mol. The van der Waals surface area contributed by atoms with E-state index < -0.39 is 0 Å². The Labute approximate surface area is 109 Å². The van der Waals surface area contributed by atoms with Gasteiger partial charge >= 0.3 is 0 Å². The van der Waals surface area contributed by atoms with Crippen molar-refractivity contribution in [3.8, 4) is 11.8 Å². The molecule has 1 rings (SSSR count). The maximum atomic E-state index is 8.88. The molecule has 0 heterocycles. The van der Waals surface area contributed by atoms with Gasteiger partial charge in [-0.25, -0.2) is 0 Å². The molecule has 0 aliphatic heterocycles. The van der Waals surface area contributed by atoms with Gasteiger partial charge in [0.15, 0.2) is 0 Å². The molecule has 3 nitrogen and oxygen atoms in total. The second-order valence-electron chi connectivity index (χ2n) is 4.26. The van der Waals surface area contributed by atoms with Crippen molar-refractivity contribution < 1.29 is 9.47 Å². The maximum absolute atomic E-state index is 8.88. The Morgan fingerprint density at radius 1 is 1.22 bits per heavy atom. The fourth-order valence-electron chi connectivity index (χ4n) is 1.74. The highest BCUT2D eigenvalue weighted by atomic mass is 16.5. The highest BCUT2D eigenvalue weighted by Crippen LogP contribution is 2.19. The van der Waals surface area contributed by atoms with Gasteiger partial charge in [-0.3, -0.25) is 0 Å². The van der Waals surface area contributed by atoms with Crippen LogP contribution in [0.4, 0.5) is 0 Å². The first-order valence-electron chi connectivity index (χ1n) is 6.46. The number of benzene rings is 1. The number of methoxy groups -OCH3 is 1. The molecule has 0 bridgehead atoms. The molecule has 0 amide bonds. The third-order valence-electron chi connectivity index (χ3n) is 2.80. The molecule has 1 aromatic carbocycles. The second-order valence-corrected chi connectivity index (χ2v) is 4.26. The van der Waals surface area contributed by atoms with Crippen molar-refractivity contribution in [2.45, 2.75) is 39.2 Å². The van der Waals surface area contributed by atoms with Gasteiger partial charge in [0.2, 0.25) is 0 Å². The van der Waals surface area contributed by atoms with Crippen LogP contribution in [-0.4, -0.2) is 13.7 Å². The van der Waals surface area contributed by atoms with E-state index in [0.717, 1.165) is 18.6 Å². The lowest BCUT2D eigenvalue weighted by Crippen LogP contribution is -1.97. The molecule has 3 heteroatoms. The smallest absolute Gasteiger partial charge is 0.136 e. The van der Waals surface area contributed by atoms with Crippen LogP contribution >= 0.6 is 0 Å². The number of hydrogen-bond acceptors (Lipinski definition) is 3. The number of ether oxygens (including phenoxy) is 2. The summed E-state index contributed by atoms with van der Waals surface area (Å²) in [5.74, 6) is 0.615. The largest absolute Gasteiger partial charge is 0.495 e. The Bertz CT molecular complexity index is 396. The van der Waals surface area contributed by atoms with Crippen LogP contribution in [0.2, 0.25) is 0 Å². The van der Waals surface area contributed by atoms with Crippen LogP contribution in [0.1, 0.15) is 43.7 Å². The number of hydrogen-bond donors (Lipinski definition) is 0. The zero-order valence-corrected chi connectivity index (χ0v) is 11.2. The van der Waals surface area contributed by atoms with Crippen LogP contribution in [0.5, 0.6) is 5.75 Å². The fourth-order valence-corrected chi connectivity index (χ4v) is 1.74. The minimum absolute atomic E-state index is 0.559. The van der Waals surface area contributed by atoms with E-state index in [0.29, 0.717) is 17.9 Å². The fraction of sp³-hybridized carbons (Fsp3) is 0.533. The van der Waals surface area contributed by atoms with Gasteiger partial charge in [-0.15, -0.1) is 0 Å². The van der Waals surface area contributed by atoms with Crippen molar-refractivity contribution >= 4 is 0 Å². The SMILES string of the molecule is CCCCCCOCc1ccc(C#N)c(OC)c1. The zero-order chi connectivity index (χ0) is 13.2. The highest BCUT2D eigenvalue weighted by Gasteiger charge is 2.03. The molecule has 0 spiro atoms. The first kappa shape index (κ1) is 14.5. The van der Waals surface area contributed by atoms with E-state index in [-0.39, 0.29) is 0 Å². The Hall–Kier alpha value is -1.53. The summed E-state index contributed by atoms with van der Waals surface area (Å²) >= 11 is 0. The summed E-state index contributed by atoms with van der Waals surface area (Å²) in [4.78, 5) is 0. The van der Waals surface area contributed by atoms with E-state index in [1.165, 1.54) is 19.3 Å². The highest BCUT2D eigenvalue weighted by molar-refractivity contribution is 5.45. The lowest BCUT2D eigenvalue weighted by molar-refractivity contribution is 0.116. The van der Waals surface area contributed by atoms with Crippen LogP contribution < -0.4 is 4.74 Å². The Morgan fingerprint density at radius 3 is 2.72 bits per heavy atom. The van der Waals surface area contributed by atoms with E-state index in [2.05, 4.69) is 13.0 Å². The van der Waals surface area contributed by atoms with Gasteiger partial charge in [0.1, 0.15) is 11.8 Å². The number of rotatable bonds is 8. The van der Waals surface area contributed by atoms with Crippen molar-refractivity contribution in [3.05, 3.63) is 29.3 Å². The number of nitrogens with zero attached hydrogens (tertiary/aromatic N) is 1. The van der Waals surface area contributed by atoms with Crippen molar-refractivity contribution in [2.75, 3.05) is 13.7 Å². The van der Waals surface area contributed by atoms with Gasteiger partial charge < -0.3 is 9.47 Å². The summed E-state index contributed by atoms with van der Waals surface area (Å²) in [6, 6.07) is 7.65. The normalized spacial score (nSPS) is 10.1. The van der Waals surface area contributed by atoms with Crippen LogP contribution in [0, 0.1) is 11.3 Å². The van der Waals surface area contributed by atoms with Crippen molar-refractivity contribution in [3.63, 3.8) is 0 Å². The molecule has 0 N–H and O–H groups in total. The first-order valence-corrected chi connectivity index (χ1v) is 6.46. The topological polar surface area (TPSA) is 42.2 Å². The maximum Gasteiger partial charge on any atom is 0.136 e. The Balaban J connectivity index is 2.37. The Kier molecular flexibility index (Phi) is 6.90. The molecule has 0 aliphatic carbocycles. The van der Waals surface area contributed by atoms with Crippen LogP contribution in [0.3, 0.4) is 0 Å². The van der Waals surface area contributed by atoms with Crippen LogP contribution in [0.25, 0.3) is 0 Å². The van der Waals surface area contributed by atoms with Gasteiger partial charge in [-0.2, -0.15) is 5.26 Å². The molecule has 0 aromatic heterocycles. The third kappa shape index (κ3) is 4.77. The summed E-state index contributed by atoms with van der Waals surface area (Å²) in [7, 11) is 1.57. The zero-order valence-electron chi connectivity index (χ0n) is 11.2. The number of unbranched alkanes of at least 4 members (excludes halogenated alkanes) is 3. The van der Waals surface area contributed by atoms with Gasteiger partial charge in [0, 0.05) is 6.61 Å². The predicted octanol–water partition coefficient (Wildman–Crippen LogP) is 3.66. The average molecular weight is 247 g/mol. The monoisotopic (exact) mass is 247 g/mol. The summed E-state index contributed by atoms with van der Waals surface area (Å²) in [5, 5.41) is 8.88. The second kappa shape index (κ2) is 8.54. The van der Waals surface area contributed by atoms with Gasteiger partial charge in [-0.1, -0.05) is 32.3 Å². The average Bonchev–Trinajstić information content (AvgIpc) is 2.42. The van der Waals surface area contributed by atoms with E-state index in [1.54, 1.807) is 13.2 Å². The van der Waals surface area contributed by atoms with Crippen molar-refractivity contribution in [1.29, 1.82) is 5.26 Å². The standard InChI is InChI=1S/C15H21NO2/c1-3-4-5-6-9-18-12-13-7-8-14(11-16)15(10-13)17-2/h7-8,10H,3-6,9,12H2,1-2H3. The van der Waals surface area contributed by atoms with Crippen LogP contribution in [-0.2, 0) is 11.3 Å². The van der Waals surface area contributed by atoms with E-state index in [1.807, 2.05) is 12.1 Å². The molecule has 18 heavy (non-hydrogen) atoms. The molecule has 0 fully saturated rings.